The standard InChI is InChI=1S/C14H18BrNO.ClH/c15-13-4-5-14-12(8-13)10-16(6-7-17-14)9-11-2-1-3-11;/h4-5,8,11H,1-3,6-7,9-10H2;1H. The molecule has 0 amide bonds. The fraction of sp³-hybridized carbons (Fsp3) is 0.571. The number of benzene rings is 1. The number of nitrogens with zero attached hydrogens (tertiary/aromatic N) is 1. The Balaban J connectivity index is 0.00000120. The Bertz CT molecular complexity index is 409. The highest BCUT2D eigenvalue weighted by Gasteiger charge is 2.22. The third-order valence-electron chi connectivity index (χ3n) is 3.82. The van der Waals surface area contributed by atoms with Crippen LogP contribution >= 0.6 is 28.3 Å². The van der Waals surface area contributed by atoms with Crippen molar-refractivity contribution in [3.05, 3.63) is 28.2 Å². The molecule has 1 aromatic rings. The third-order valence-corrected chi connectivity index (χ3v) is 4.32. The summed E-state index contributed by atoms with van der Waals surface area (Å²) in [5.74, 6) is 1.99. The molecule has 0 N–H and O–H groups in total. The van der Waals surface area contributed by atoms with E-state index in [4.69, 9.17) is 4.74 Å². The lowest BCUT2D eigenvalue weighted by molar-refractivity contribution is 0.160. The number of hydrogen-bond acceptors (Lipinski definition) is 2. The predicted molar refractivity (Wildman–Crippen MR) is 79.5 cm³/mol. The maximum absolute atomic E-state index is 5.80. The average Bonchev–Trinajstić information content (AvgIpc) is 2.44. The number of fused-ring (bicyclic) bond motifs is 1. The Labute approximate surface area is 123 Å². The van der Waals surface area contributed by atoms with Gasteiger partial charge in [-0.3, -0.25) is 4.90 Å². The second-order valence-electron chi connectivity index (χ2n) is 5.13. The van der Waals surface area contributed by atoms with Crippen molar-refractivity contribution in [2.75, 3.05) is 19.7 Å². The smallest absolute Gasteiger partial charge is 0.123 e. The summed E-state index contributed by atoms with van der Waals surface area (Å²) in [7, 11) is 0. The summed E-state index contributed by atoms with van der Waals surface area (Å²) in [6.45, 7) is 4.16. The summed E-state index contributed by atoms with van der Waals surface area (Å²) in [6.07, 6.45) is 4.27. The molecule has 0 radical (unpaired) electrons. The molecule has 1 aliphatic carbocycles. The van der Waals surface area contributed by atoms with Crippen LogP contribution in [-0.2, 0) is 6.54 Å². The van der Waals surface area contributed by atoms with Crippen LogP contribution in [0.5, 0.6) is 5.75 Å². The normalized spacial score (nSPS) is 20.1. The molecule has 0 unspecified atom stereocenters. The second kappa shape index (κ2) is 6.27. The SMILES string of the molecule is Brc1ccc2c(c1)CN(CC1CCC1)CCO2.Cl. The molecule has 18 heavy (non-hydrogen) atoms. The molecule has 0 atom stereocenters. The molecule has 3 rings (SSSR count). The first-order valence-electron chi connectivity index (χ1n) is 6.45. The third kappa shape index (κ3) is 3.19. The van der Waals surface area contributed by atoms with E-state index in [2.05, 4.69) is 39.0 Å². The molecule has 0 bridgehead atoms. The Morgan fingerprint density at radius 1 is 1.33 bits per heavy atom. The van der Waals surface area contributed by atoms with Gasteiger partial charge >= 0.3 is 0 Å². The van der Waals surface area contributed by atoms with Crippen molar-refractivity contribution in [1.29, 1.82) is 0 Å². The van der Waals surface area contributed by atoms with Crippen molar-refractivity contribution < 1.29 is 4.74 Å². The first-order chi connectivity index (χ1) is 8.31. The van der Waals surface area contributed by atoms with Crippen LogP contribution in [0.15, 0.2) is 22.7 Å². The Hall–Kier alpha value is -0.250. The molecular weight excluding hydrogens is 314 g/mol. The van der Waals surface area contributed by atoms with Crippen LogP contribution in [0.4, 0.5) is 0 Å². The summed E-state index contributed by atoms with van der Waals surface area (Å²) >= 11 is 3.54. The zero-order valence-corrected chi connectivity index (χ0v) is 12.8. The van der Waals surface area contributed by atoms with Gasteiger partial charge in [0.2, 0.25) is 0 Å². The molecule has 4 heteroatoms. The van der Waals surface area contributed by atoms with Gasteiger partial charge in [-0.1, -0.05) is 22.4 Å². The molecule has 100 valence electrons. The highest BCUT2D eigenvalue weighted by atomic mass is 79.9. The molecule has 2 nitrogen and oxygen atoms in total. The van der Waals surface area contributed by atoms with Gasteiger partial charge in [-0.05, 0) is 37.0 Å². The van der Waals surface area contributed by atoms with Gasteiger partial charge in [-0.15, -0.1) is 12.4 Å². The largest absolute Gasteiger partial charge is 0.492 e. The maximum Gasteiger partial charge on any atom is 0.123 e. The van der Waals surface area contributed by atoms with Crippen molar-refractivity contribution in [1.82, 2.24) is 4.90 Å². The number of rotatable bonds is 2. The number of hydrogen-bond donors (Lipinski definition) is 0. The summed E-state index contributed by atoms with van der Waals surface area (Å²) in [5, 5.41) is 0. The van der Waals surface area contributed by atoms with Crippen LogP contribution in [0.3, 0.4) is 0 Å². The number of ether oxygens (including phenoxy) is 1. The van der Waals surface area contributed by atoms with Gasteiger partial charge in [-0.25, -0.2) is 0 Å². The summed E-state index contributed by atoms with van der Waals surface area (Å²) in [5.41, 5.74) is 1.32. The van der Waals surface area contributed by atoms with E-state index in [1.165, 1.54) is 31.4 Å². The van der Waals surface area contributed by atoms with Gasteiger partial charge in [0.1, 0.15) is 12.4 Å². The topological polar surface area (TPSA) is 12.5 Å². The van der Waals surface area contributed by atoms with Crippen molar-refractivity contribution >= 4 is 28.3 Å². The molecule has 1 heterocycles. The molecule has 2 aliphatic rings. The predicted octanol–water partition coefficient (Wildman–Crippen LogP) is 3.87. The van der Waals surface area contributed by atoms with Gasteiger partial charge in [0.05, 0.1) is 0 Å². The molecule has 1 fully saturated rings. The minimum absolute atomic E-state index is 0. The van der Waals surface area contributed by atoms with Crippen LogP contribution in [-0.4, -0.2) is 24.6 Å². The molecule has 1 aromatic carbocycles. The average molecular weight is 333 g/mol. The van der Waals surface area contributed by atoms with E-state index in [1.807, 2.05) is 0 Å². The van der Waals surface area contributed by atoms with Gasteiger partial charge < -0.3 is 4.74 Å². The maximum atomic E-state index is 5.80. The minimum atomic E-state index is 0. The minimum Gasteiger partial charge on any atom is -0.492 e. The van der Waals surface area contributed by atoms with Crippen molar-refractivity contribution in [2.45, 2.75) is 25.8 Å². The van der Waals surface area contributed by atoms with E-state index in [9.17, 15) is 0 Å². The van der Waals surface area contributed by atoms with Crippen molar-refractivity contribution in [3.8, 4) is 5.75 Å². The van der Waals surface area contributed by atoms with E-state index < -0.39 is 0 Å². The monoisotopic (exact) mass is 331 g/mol. The zero-order chi connectivity index (χ0) is 11.7. The fourth-order valence-electron chi connectivity index (χ4n) is 2.61. The van der Waals surface area contributed by atoms with Crippen LogP contribution in [0.1, 0.15) is 24.8 Å². The molecular formula is C14H19BrClNO. The second-order valence-corrected chi connectivity index (χ2v) is 6.05. The summed E-state index contributed by atoms with van der Waals surface area (Å²) < 4.78 is 6.95. The zero-order valence-electron chi connectivity index (χ0n) is 10.4. The first-order valence-corrected chi connectivity index (χ1v) is 7.24. The molecule has 1 saturated carbocycles. The highest BCUT2D eigenvalue weighted by Crippen LogP contribution is 2.30. The Morgan fingerprint density at radius 3 is 2.89 bits per heavy atom. The van der Waals surface area contributed by atoms with E-state index >= 15 is 0 Å². The van der Waals surface area contributed by atoms with Crippen LogP contribution in [0, 0.1) is 5.92 Å². The number of halogens is 2. The first kappa shape index (κ1) is 14.2. The quantitative estimate of drug-likeness (QED) is 0.815. The summed E-state index contributed by atoms with van der Waals surface area (Å²) in [6, 6.07) is 6.32. The molecule has 0 saturated heterocycles. The lowest BCUT2D eigenvalue weighted by Crippen LogP contribution is -2.33. The molecule has 1 aliphatic heterocycles. The molecule has 0 spiro atoms. The lowest BCUT2D eigenvalue weighted by atomic mass is 9.85. The van der Waals surface area contributed by atoms with Crippen LogP contribution in [0.2, 0.25) is 0 Å². The highest BCUT2D eigenvalue weighted by molar-refractivity contribution is 9.10. The lowest BCUT2D eigenvalue weighted by Gasteiger charge is -2.31. The van der Waals surface area contributed by atoms with Crippen molar-refractivity contribution in [2.24, 2.45) is 5.92 Å². The van der Waals surface area contributed by atoms with E-state index in [0.29, 0.717) is 0 Å². The Kier molecular flexibility index (Phi) is 4.93. The molecule has 0 aromatic heterocycles. The van der Waals surface area contributed by atoms with Gasteiger partial charge in [0.15, 0.2) is 0 Å². The van der Waals surface area contributed by atoms with E-state index in [0.717, 1.165) is 35.8 Å². The van der Waals surface area contributed by atoms with E-state index in [1.54, 1.807) is 0 Å². The van der Waals surface area contributed by atoms with Gasteiger partial charge in [0.25, 0.3) is 0 Å². The van der Waals surface area contributed by atoms with E-state index in [-0.39, 0.29) is 12.4 Å². The Morgan fingerprint density at radius 2 is 2.17 bits per heavy atom. The van der Waals surface area contributed by atoms with Gasteiger partial charge in [0, 0.05) is 29.7 Å². The van der Waals surface area contributed by atoms with Crippen LogP contribution < -0.4 is 4.74 Å². The van der Waals surface area contributed by atoms with Crippen LogP contribution in [0.25, 0.3) is 0 Å². The fourth-order valence-corrected chi connectivity index (χ4v) is 3.02. The summed E-state index contributed by atoms with van der Waals surface area (Å²) in [4.78, 5) is 2.54. The van der Waals surface area contributed by atoms with Gasteiger partial charge in [-0.2, -0.15) is 0 Å². The van der Waals surface area contributed by atoms with Crippen molar-refractivity contribution in [3.63, 3.8) is 0 Å².